The lowest BCUT2D eigenvalue weighted by Gasteiger charge is -2.17. The summed E-state index contributed by atoms with van der Waals surface area (Å²) in [7, 11) is 0. The maximum atomic E-state index is 12.7. The average molecular weight is 396 g/mol. The second-order valence-corrected chi connectivity index (χ2v) is 7.49. The SMILES string of the molecule is C=CC1=CCN(C(=O)c2ccc(-c3ccc(C(=O)N4CC=C(C=C)C4)cc3)cc2)C1. The summed E-state index contributed by atoms with van der Waals surface area (Å²) in [5, 5.41) is 0. The molecule has 4 heteroatoms. The minimum atomic E-state index is 0.0220. The Hall–Kier alpha value is -3.66. The molecule has 4 nitrogen and oxygen atoms in total. The van der Waals surface area contributed by atoms with Gasteiger partial charge in [0.2, 0.25) is 0 Å². The molecule has 30 heavy (non-hydrogen) atoms. The van der Waals surface area contributed by atoms with E-state index in [1.165, 1.54) is 0 Å². The highest BCUT2D eigenvalue weighted by atomic mass is 16.2. The van der Waals surface area contributed by atoms with Crippen molar-refractivity contribution in [2.45, 2.75) is 0 Å². The predicted molar refractivity (Wildman–Crippen MR) is 120 cm³/mol. The number of carbonyl (C=O) groups excluding carboxylic acids is 2. The summed E-state index contributed by atoms with van der Waals surface area (Å²) in [6.07, 6.45) is 7.64. The zero-order valence-electron chi connectivity index (χ0n) is 16.9. The number of nitrogens with zero attached hydrogens (tertiary/aromatic N) is 2. The topological polar surface area (TPSA) is 40.6 Å². The molecule has 4 rings (SSSR count). The van der Waals surface area contributed by atoms with Crippen LogP contribution < -0.4 is 0 Å². The Bertz CT molecular complexity index is 972. The first kappa shape index (κ1) is 19.6. The minimum absolute atomic E-state index is 0.0220. The summed E-state index contributed by atoms with van der Waals surface area (Å²) in [5.74, 6) is 0.0439. The third-order valence-corrected chi connectivity index (χ3v) is 5.59. The van der Waals surface area contributed by atoms with E-state index in [1.807, 2.05) is 60.7 Å². The van der Waals surface area contributed by atoms with Crippen molar-refractivity contribution in [1.29, 1.82) is 0 Å². The molecule has 2 aliphatic heterocycles. The van der Waals surface area contributed by atoms with Crippen molar-refractivity contribution >= 4 is 11.8 Å². The van der Waals surface area contributed by atoms with Crippen molar-refractivity contribution < 1.29 is 9.59 Å². The fraction of sp³-hybridized carbons (Fsp3) is 0.154. The molecule has 0 saturated heterocycles. The van der Waals surface area contributed by atoms with Gasteiger partial charge in [0.25, 0.3) is 11.8 Å². The van der Waals surface area contributed by atoms with E-state index < -0.39 is 0 Å². The molecule has 150 valence electrons. The van der Waals surface area contributed by atoms with Gasteiger partial charge in [-0.2, -0.15) is 0 Å². The normalized spacial score (nSPS) is 15.6. The molecule has 0 aliphatic carbocycles. The van der Waals surface area contributed by atoms with E-state index in [0.29, 0.717) is 37.3 Å². The van der Waals surface area contributed by atoms with Crippen molar-refractivity contribution in [1.82, 2.24) is 9.80 Å². The highest BCUT2D eigenvalue weighted by Gasteiger charge is 2.21. The van der Waals surface area contributed by atoms with Crippen molar-refractivity contribution in [3.63, 3.8) is 0 Å². The molecule has 0 radical (unpaired) electrons. The number of hydrogen-bond donors (Lipinski definition) is 0. The van der Waals surface area contributed by atoms with Gasteiger partial charge in [-0.1, -0.05) is 61.7 Å². The summed E-state index contributed by atoms with van der Waals surface area (Å²) < 4.78 is 0. The van der Waals surface area contributed by atoms with Gasteiger partial charge in [0, 0.05) is 37.3 Å². The quantitative estimate of drug-likeness (QED) is 0.747. The summed E-state index contributed by atoms with van der Waals surface area (Å²) in [4.78, 5) is 28.9. The van der Waals surface area contributed by atoms with Crippen LogP contribution >= 0.6 is 0 Å². The molecular weight excluding hydrogens is 372 g/mol. The lowest BCUT2D eigenvalue weighted by Crippen LogP contribution is -2.28. The van der Waals surface area contributed by atoms with Crippen LogP contribution in [-0.4, -0.2) is 47.8 Å². The van der Waals surface area contributed by atoms with Crippen LogP contribution in [0.3, 0.4) is 0 Å². The van der Waals surface area contributed by atoms with Gasteiger partial charge < -0.3 is 9.80 Å². The lowest BCUT2D eigenvalue weighted by atomic mass is 10.0. The summed E-state index contributed by atoms with van der Waals surface area (Å²) in [6.45, 7) is 10.00. The molecule has 0 unspecified atom stereocenters. The molecule has 2 amide bonds. The average Bonchev–Trinajstić information content (AvgIpc) is 3.48. The Balaban J connectivity index is 1.42. The first-order valence-corrected chi connectivity index (χ1v) is 10.0. The van der Waals surface area contributed by atoms with Gasteiger partial charge in [-0.15, -0.1) is 0 Å². The Morgan fingerprint density at radius 1 is 0.667 bits per heavy atom. The zero-order valence-corrected chi connectivity index (χ0v) is 16.9. The number of rotatable bonds is 5. The van der Waals surface area contributed by atoms with Gasteiger partial charge in [-0.25, -0.2) is 0 Å². The van der Waals surface area contributed by atoms with Gasteiger partial charge in [-0.05, 0) is 46.5 Å². The van der Waals surface area contributed by atoms with E-state index in [9.17, 15) is 9.59 Å². The molecule has 2 aliphatic rings. The van der Waals surface area contributed by atoms with Crippen molar-refractivity contribution in [3.05, 3.63) is 108 Å². The standard InChI is InChI=1S/C26H24N2O2/c1-3-19-13-15-27(17-19)25(29)23-9-5-21(6-10-23)22-7-11-24(12-8-22)26(30)28-16-14-20(4-2)18-28/h3-14H,1-2,15-18H2. The second kappa shape index (κ2) is 8.37. The highest BCUT2D eigenvalue weighted by molar-refractivity contribution is 5.96. The molecule has 0 bridgehead atoms. The van der Waals surface area contributed by atoms with Crippen molar-refractivity contribution in [2.24, 2.45) is 0 Å². The van der Waals surface area contributed by atoms with Crippen LogP contribution in [0.25, 0.3) is 11.1 Å². The van der Waals surface area contributed by atoms with E-state index in [4.69, 9.17) is 0 Å². The summed E-state index contributed by atoms with van der Waals surface area (Å²) >= 11 is 0. The Morgan fingerprint density at radius 2 is 1.03 bits per heavy atom. The third kappa shape index (κ3) is 3.90. The summed E-state index contributed by atoms with van der Waals surface area (Å²) in [5.41, 5.74) is 5.52. The third-order valence-electron chi connectivity index (χ3n) is 5.59. The Kier molecular flexibility index (Phi) is 5.48. The fourth-order valence-corrected chi connectivity index (χ4v) is 3.73. The molecule has 0 aromatic heterocycles. The number of amides is 2. The van der Waals surface area contributed by atoms with Crippen LogP contribution in [-0.2, 0) is 0 Å². The Labute approximate surface area is 177 Å². The first-order valence-electron chi connectivity index (χ1n) is 10.0. The molecule has 2 heterocycles. The molecule has 0 saturated carbocycles. The number of carbonyl (C=O) groups is 2. The molecule has 2 aromatic carbocycles. The molecule has 0 fully saturated rings. The van der Waals surface area contributed by atoms with Crippen LogP contribution in [0.4, 0.5) is 0 Å². The van der Waals surface area contributed by atoms with E-state index in [-0.39, 0.29) is 11.8 Å². The number of benzene rings is 2. The highest BCUT2D eigenvalue weighted by Crippen LogP contribution is 2.23. The van der Waals surface area contributed by atoms with Gasteiger partial charge in [0.15, 0.2) is 0 Å². The van der Waals surface area contributed by atoms with Gasteiger partial charge in [0.1, 0.15) is 0 Å². The van der Waals surface area contributed by atoms with E-state index >= 15 is 0 Å². The maximum Gasteiger partial charge on any atom is 0.254 e. The van der Waals surface area contributed by atoms with Gasteiger partial charge >= 0.3 is 0 Å². The fourth-order valence-electron chi connectivity index (χ4n) is 3.73. The monoisotopic (exact) mass is 396 g/mol. The van der Waals surface area contributed by atoms with Crippen LogP contribution in [0.15, 0.2) is 97.1 Å². The zero-order chi connectivity index (χ0) is 21.1. The maximum absolute atomic E-state index is 12.7. The van der Waals surface area contributed by atoms with Crippen molar-refractivity contribution in [2.75, 3.05) is 26.2 Å². The lowest BCUT2D eigenvalue weighted by molar-refractivity contribution is 0.0791. The van der Waals surface area contributed by atoms with Crippen LogP contribution in [0.1, 0.15) is 20.7 Å². The van der Waals surface area contributed by atoms with Crippen LogP contribution in [0.2, 0.25) is 0 Å². The predicted octanol–water partition coefficient (Wildman–Crippen LogP) is 4.49. The minimum Gasteiger partial charge on any atom is -0.331 e. The molecule has 0 N–H and O–H groups in total. The number of hydrogen-bond acceptors (Lipinski definition) is 2. The smallest absolute Gasteiger partial charge is 0.254 e. The van der Waals surface area contributed by atoms with Gasteiger partial charge in [0.05, 0.1) is 0 Å². The summed E-state index contributed by atoms with van der Waals surface area (Å²) in [6, 6.07) is 15.2. The van der Waals surface area contributed by atoms with E-state index in [0.717, 1.165) is 22.3 Å². The molecule has 0 spiro atoms. The van der Waals surface area contributed by atoms with Crippen LogP contribution in [0, 0.1) is 0 Å². The largest absolute Gasteiger partial charge is 0.331 e. The van der Waals surface area contributed by atoms with Crippen molar-refractivity contribution in [3.8, 4) is 11.1 Å². The Morgan fingerprint density at radius 3 is 1.33 bits per heavy atom. The van der Waals surface area contributed by atoms with Crippen LogP contribution in [0.5, 0.6) is 0 Å². The molecule has 0 atom stereocenters. The first-order chi connectivity index (χ1) is 14.6. The van der Waals surface area contributed by atoms with E-state index in [1.54, 1.807) is 22.0 Å². The molecular formula is C26H24N2O2. The van der Waals surface area contributed by atoms with E-state index in [2.05, 4.69) is 13.2 Å². The van der Waals surface area contributed by atoms with Gasteiger partial charge in [-0.3, -0.25) is 9.59 Å². The second-order valence-electron chi connectivity index (χ2n) is 7.49. The molecule has 2 aromatic rings.